The predicted molar refractivity (Wildman–Crippen MR) is 117 cm³/mol. The van der Waals surface area contributed by atoms with Crippen molar-refractivity contribution < 1.29 is 18.6 Å². The van der Waals surface area contributed by atoms with Crippen LogP contribution < -0.4 is 10.1 Å². The zero-order valence-corrected chi connectivity index (χ0v) is 17.3. The van der Waals surface area contributed by atoms with Crippen LogP contribution in [0.4, 0.5) is 16.0 Å². The van der Waals surface area contributed by atoms with Gasteiger partial charge < -0.3 is 24.1 Å². The van der Waals surface area contributed by atoms with Crippen LogP contribution in [0.15, 0.2) is 48.8 Å². The Bertz CT molecular complexity index is 1150. The van der Waals surface area contributed by atoms with Crippen molar-refractivity contribution >= 4 is 33.6 Å². The molecule has 0 saturated carbocycles. The van der Waals surface area contributed by atoms with Gasteiger partial charge in [0.15, 0.2) is 0 Å². The van der Waals surface area contributed by atoms with Gasteiger partial charge in [-0.05, 0) is 24.3 Å². The lowest BCUT2D eigenvalue weighted by molar-refractivity contribution is 0.0320. The summed E-state index contributed by atoms with van der Waals surface area (Å²) in [7, 11) is 1.99. The first kappa shape index (κ1) is 21.0. The maximum atomic E-state index is 11.9. The molecule has 1 N–H and O–H groups in total. The van der Waals surface area contributed by atoms with E-state index in [1.165, 1.54) is 0 Å². The Morgan fingerprint density at radius 3 is 2.58 bits per heavy atom. The first-order valence-corrected chi connectivity index (χ1v) is 10.0. The Morgan fingerprint density at radius 2 is 1.71 bits per heavy atom. The SMILES string of the molecule is Cn1c2ccncc2c2ccc(Nc3cccc(OCCOCCOCCF)n3)nc21. The van der Waals surface area contributed by atoms with E-state index in [0.717, 1.165) is 21.9 Å². The van der Waals surface area contributed by atoms with Crippen molar-refractivity contribution in [3.63, 3.8) is 0 Å². The summed E-state index contributed by atoms with van der Waals surface area (Å²) in [4.78, 5) is 13.4. The summed E-state index contributed by atoms with van der Waals surface area (Å²) in [5, 5.41) is 5.35. The molecular weight excluding hydrogens is 401 g/mol. The van der Waals surface area contributed by atoms with Gasteiger partial charge in [0.05, 0.1) is 31.9 Å². The van der Waals surface area contributed by atoms with Gasteiger partial charge in [-0.15, -0.1) is 0 Å². The molecule has 4 aromatic heterocycles. The molecule has 31 heavy (non-hydrogen) atoms. The van der Waals surface area contributed by atoms with Crippen molar-refractivity contribution in [1.29, 1.82) is 0 Å². The fourth-order valence-electron chi connectivity index (χ4n) is 3.26. The van der Waals surface area contributed by atoms with E-state index < -0.39 is 6.67 Å². The van der Waals surface area contributed by atoms with E-state index in [2.05, 4.69) is 15.3 Å². The van der Waals surface area contributed by atoms with E-state index in [1.54, 1.807) is 12.3 Å². The number of ether oxygens (including phenoxy) is 3. The fraction of sp³-hybridized carbons (Fsp3) is 0.318. The molecule has 0 amide bonds. The van der Waals surface area contributed by atoms with Gasteiger partial charge in [0.25, 0.3) is 0 Å². The smallest absolute Gasteiger partial charge is 0.215 e. The van der Waals surface area contributed by atoms with E-state index in [1.807, 2.05) is 48.1 Å². The number of alkyl halides is 1. The lowest BCUT2D eigenvalue weighted by atomic mass is 10.2. The van der Waals surface area contributed by atoms with Gasteiger partial charge >= 0.3 is 0 Å². The number of aromatic nitrogens is 4. The second-order valence-corrected chi connectivity index (χ2v) is 6.77. The molecule has 0 aromatic carbocycles. The molecule has 4 rings (SSSR count). The number of anilines is 2. The molecule has 0 bridgehead atoms. The molecule has 0 aliphatic carbocycles. The largest absolute Gasteiger partial charge is 0.475 e. The van der Waals surface area contributed by atoms with Crippen molar-refractivity contribution in [2.24, 2.45) is 7.05 Å². The van der Waals surface area contributed by atoms with Crippen molar-refractivity contribution in [2.75, 3.05) is 45.0 Å². The molecular formula is C22H24FN5O3. The Labute approximate surface area is 179 Å². The number of aryl methyl sites for hydroxylation is 1. The maximum Gasteiger partial charge on any atom is 0.215 e. The molecule has 0 atom stereocenters. The van der Waals surface area contributed by atoms with Crippen LogP contribution in [0.5, 0.6) is 5.88 Å². The van der Waals surface area contributed by atoms with Crippen molar-refractivity contribution in [3.05, 3.63) is 48.8 Å². The zero-order valence-electron chi connectivity index (χ0n) is 17.3. The minimum Gasteiger partial charge on any atom is -0.475 e. The Kier molecular flexibility index (Phi) is 6.85. The number of hydrogen-bond acceptors (Lipinski definition) is 7. The number of halogens is 1. The summed E-state index contributed by atoms with van der Waals surface area (Å²) >= 11 is 0. The Hall–Kier alpha value is -3.30. The molecule has 4 heterocycles. The van der Waals surface area contributed by atoms with Crippen LogP contribution >= 0.6 is 0 Å². The molecule has 0 radical (unpaired) electrons. The van der Waals surface area contributed by atoms with E-state index in [4.69, 9.17) is 19.2 Å². The summed E-state index contributed by atoms with van der Waals surface area (Å²) in [6.45, 7) is 1.13. The highest BCUT2D eigenvalue weighted by molar-refractivity contribution is 6.06. The van der Waals surface area contributed by atoms with Gasteiger partial charge in [-0.1, -0.05) is 6.07 Å². The minimum absolute atomic E-state index is 0.100. The predicted octanol–water partition coefficient (Wildman–Crippen LogP) is 3.64. The highest BCUT2D eigenvalue weighted by Crippen LogP contribution is 2.27. The van der Waals surface area contributed by atoms with E-state index in [9.17, 15) is 4.39 Å². The molecule has 9 heteroatoms. The van der Waals surface area contributed by atoms with Gasteiger partial charge in [0, 0.05) is 36.3 Å². The first-order chi connectivity index (χ1) is 15.3. The van der Waals surface area contributed by atoms with Gasteiger partial charge in [-0.3, -0.25) is 4.98 Å². The average molecular weight is 425 g/mol. The second kappa shape index (κ2) is 10.1. The molecule has 162 valence electrons. The second-order valence-electron chi connectivity index (χ2n) is 6.77. The zero-order chi connectivity index (χ0) is 21.5. The number of nitrogens with one attached hydrogen (secondary N) is 1. The molecule has 0 fully saturated rings. The highest BCUT2D eigenvalue weighted by atomic mass is 19.1. The number of hydrogen-bond donors (Lipinski definition) is 1. The van der Waals surface area contributed by atoms with E-state index >= 15 is 0 Å². The maximum absolute atomic E-state index is 11.9. The first-order valence-electron chi connectivity index (χ1n) is 10.0. The number of pyridine rings is 3. The molecule has 0 spiro atoms. The van der Waals surface area contributed by atoms with Gasteiger partial charge in [0.1, 0.15) is 30.6 Å². The summed E-state index contributed by atoms with van der Waals surface area (Å²) in [5.41, 5.74) is 1.95. The summed E-state index contributed by atoms with van der Waals surface area (Å²) in [6, 6.07) is 11.4. The Balaban J connectivity index is 1.36. The van der Waals surface area contributed by atoms with Crippen LogP contribution in [-0.2, 0) is 16.5 Å². The van der Waals surface area contributed by atoms with E-state index in [0.29, 0.717) is 43.9 Å². The lowest BCUT2D eigenvalue weighted by Crippen LogP contribution is -2.12. The molecule has 0 saturated heterocycles. The third-order valence-corrected chi connectivity index (χ3v) is 4.69. The van der Waals surface area contributed by atoms with Crippen LogP contribution in [0.25, 0.3) is 21.9 Å². The van der Waals surface area contributed by atoms with Crippen molar-refractivity contribution in [2.45, 2.75) is 0 Å². The summed E-state index contributed by atoms with van der Waals surface area (Å²) < 4.78 is 30.0. The van der Waals surface area contributed by atoms with Crippen molar-refractivity contribution in [1.82, 2.24) is 19.5 Å². The van der Waals surface area contributed by atoms with E-state index in [-0.39, 0.29) is 6.61 Å². The summed E-state index contributed by atoms with van der Waals surface area (Å²) in [6.07, 6.45) is 3.64. The third kappa shape index (κ3) is 5.07. The van der Waals surface area contributed by atoms with Gasteiger partial charge in [-0.25, -0.2) is 9.37 Å². The minimum atomic E-state index is -0.484. The lowest BCUT2D eigenvalue weighted by Gasteiger charge is -2.09. The van der Waals surface area contributed by atoms with Crippen LogP contribution in [0.1, 0.15) is 0 Å². The summed E-state index contributed by atoms with van der Waals surface area (Å²) in [5.74, 6) is 1.80. The Morgan fingerprint density at radius 1 is 0.903 bits per heavy atom. The molecule has 8 nitrogen and oxygen atoms in total. The number of rotatable bonds is 11. The molecule has 0 aliphatic heterocycles. The third-order valence-electron chi connectivity index (χ3n) is 4.69. The van der Waals surface area contributed by atoms with Crippen LogP contribution in [-0.4, -0.2) is 59.2 Å². The van der Waals surface area contributed by atoms with Crippen molar-refractivity contribution in [3.8, 4) is 5.88 Å². The monoisotopic (exact) mass is 425 g/mol. The average Bonchev–Trinajstić information content (AvgIpc) is 3.08. The van der Waals surface area contributed by atoms with Gasteiger partial charge in [-0.2, -0.15) is 4.98 Å². The number of nitrogens with zero attached hydrogens (tertiary/aromatic N) is 4. The topological polar surface area (TPSA) is 83.3 Å². The number of fused-ring (bicyclic) bond motifs is 3. The van der Waals surface area contributed by atoms with Crippen LogP contribution in [0.2, 0.25) is 0 Å². The van der Waals surface area contributed by atoms with Crippen LogP contribution in [0, 0.1) is 0 Å². The highest BCUT2D eigenvalue weighted by Gasteiger charge is 2.10. The quantitative estimate of drug-likeness (QED) is 0.367. The molecule has 0 aliphatic rings. The normalized spacial score (nSPS) is 11.3. The standard InChI is InChI=1S/C22H24FN5O3/c1-28-18-7-9-24-15-17(18)16-5-6-20(27-22(16)28)25-19-3-2-4-21(26-19)31-14-13-30-12-11-29-10-8-23/h2-7,9,15H,8,10-14H2,1H3,(H,25,26,27). The van der Waals surface area contributed by atoms with Crippen LogP contribution in [0.3, 0.4) is 0 Å². The molecule has 4 aromatic rings. The fourth-order valence-corrected chi connectivity index (χ4v) is 3.26. The molecule has 0 unspecified atom stereocenters. The van der Waals surface area contributed by atoms with Gasteiger partial charge in [0.2, 0.25) is 5.88 Å².